The second-order valence-corrected chi connectivity index (χ2v) is 8.79. The topological polar surface area (TPSA) is 82.1 Å². The third-order valence-electron chi connectivity index (χ3n) is 4.40. The molecule has 2 aromatic rings. The number of benzene rings is 2. The molecule has 7 nitrogen and oxygen atoms in total. The summed E-state index contributed by atoms with van der Waals surface area (Å²) < 4.78 is 16.6. The first kappa shape index (κ1) is 24.7. The molecular formula is C24H24ClNO6S. The van der Waals surface area contributed by atoms with Crippen LogP contribution in [0.3, 0.4) is 0 Å². The van der Waals surface area contributed by atoms with E-state index in [-0.39, 0.29) is 11.0 Å². The van der Waals surface area contributed by atoms with Crippen molar-refractivity contribution < 1.29 is 28.6 Å². The Hall–Kier alpha value is -2.97. The number of nitrogens with zero attached hydrogens (tertiary/aromatic N) is 1. The Bertz CT molecular complexity index is 1070. The van der Waals surface area contributed by atoms with Gasteiger partial charge in [-0.3, -0.25) is 19.3 Å². The van der Waals surface area contributed by atoms with Gasteiger partial charge in [0, 0.05) is 5.02 Å². The molecule has 0 aliphatic carbocycles. The van der Waals surface area contributed by atoms with Crippen LogP contribution >= 0.6 is 23.4 Å². The molecule has 2 aromatic carbocycles. The van der Waals surface area contributed by atoms with Crippen LogP contribution in [-0.2, 0) is 20.9 Å². The Morgan fingerprint density at radius 2 is 1.82 bits per heavy atom. The van der Waals surface area contributed by atoms with Gasteiger partial charge in [0.15, 0.2) is 11.5 Å². The van der Waals surface area contributed by atoms with Crippen LogP contribution in [0.15, 0.2) is 47.4 Å². The molecule has 0 bridgehead atoms. The summed E-state index contributed by atoms with van der Waals surface area (Å²) in [6.07, 6.45) is 1.26. The van der Waals surface area contributed by atoms with E-state index < -0.39 is 23.7 Å². The van der Waals surface area contributed by atoms with Gasteiger partial charge in [-0.2, -0.15) is 0 Å². The van der Waals surface area contributed by atoms with Crippen molar-refractivity contribution in [1.82, 2.24) is 4.90 Å². The van der Waals surface area contributed by atoms with Gasteiger partial charge in [-0.15, -0.1) is 0 Å². The lowest BCUT2D eigenvalue weighted by Gasteiger charge is -2.13. The van der Waals surface area contributed by atoms with E-state index in [0.717, 1.165) is 22.2 Å². The number of carbonyl (C=O) groups excluding carboxylic acids is 3. The molecule has 0 N–H and O–H groups in total. The van der Waals surface area contributed by atoms with Gasteiger partial charge in [0.2, 0.25) is 0 Å². The standard InChI is InChI=1S/C24H24ClNO6S/c1-4-30-20-11-17(7-10-19(20)31-14-16-5-8-18(25)9-6-16)12-21-23(28)26(24(29)33-21)13-22(27)32-15(2)3/h5-12,15H,4,13-14H2,1-3H3/b21-12-. The monoisotopic (exact) mass is 489 g/mol. The maximum absolute atomic E-state index is 12.6. The van der Waals surface area contributed by atoms with Crippen molar-refractivity contribution in [1.29, 1.82) is 0 Å². The quantitative estimate of drug-likeness (QED) is 0.349. The Morgan fingerprint density at radius 3 is 2.48 bits per heavy atom. The number of esters is 1. The number of halogens is 1. The van der Waals surface area contributed by atoms with E-state index in [9.17, 15) is 14.4 Å². The normalized spacial score (nSPS) is 14.8. The molecule has 174 valence electrons. The average molecular weight is 490 g/mol. The largest absolute Gasteiger partial charge is 0.490 e. The lowest BCUT2D eigenvalue weighted by atomic mass is 10.1. The molecule has 9 heteroatoms. The molecule has 1 heterocycles. The summed E-state index contributed by atoms with van der Waals surface area (Å²) in [7, 11) is 0. The van der Waals surface area contributed by atoms with Gasteiger partial charge >= 0.3 is 5.97 Å². The van der Waals surface area contributed by atoms with E-state index >= 15 is 0 Å². The van der Waals surface area contributed by atoms with E-state index in [1.165, 1.54) is 0 Å². The number of amides is 2. The molecule has 1 aliphatic heterocycles. The molecule has 0 aromatic heterocycles. The summed E-state index contributed by atoms with van der Waals surface area (Å²) >= 11 is 6.69. The number of hydrogen-bond donors (Lipinski definition) is 0. The average Bonchev–Trinajstić information content (AvgIpc) is 3.01. The van der Waals surface area contributed by atoms with Crippen LogP contribution in [0.4, 0.5) is 4.79 Å². The minimum Gasteiger partial charge on any atom is -0.490 e. The molecule has 0 saturated carbocycles. The van der Waals surface area contributed by atoms with Crippen molar-refractivity contribution in [3.05, 3.63) is 63.5 Å². The molecule has 0 spiro atoms. The first-order valence-corrected chi connectivity index (χ1v) is 11.5. The molecule has 3 rings (SSSR count). The maximum Gasteiger partial charge on any atom is 0.326 e. The summed E-state index contributed by atoms with van der Waals surface area (Å²) in [4.78, 5) is 37.8. The molecule has 2 amide bonds. The first-order chi connectivity index (χ1) is 15.8. The molecule has 1 saturated heterocycles. The smallest absolute Gasteiger partial charge is 0.326 e. The van der Waals surface area contributed by atoms with Gasteiger partial charge in [-0.05, 0) is 74.0 Å². The van der Waals surface area contributed by atoms with Crippen molar-refractivity contribution in [3.8, 4) is 11.5 Å². The van der Waals surface area contributed by atoms with Crippen LogP contribution < -0.4 is 9.47 Å². The third-order valence-corrected chi connectivity index (χ3v) is 5.56. The fourth-order valence-corrected chi connectivity index (χ4v) is 3.92. The van der Waals surface area contributed by atoms with Crippen LogP contribution in [-0.4, -0.2) is 41.3 Å². The molecular weight excluding hydrogens is 466 g/mol. The molecule has 0 unspecified atom stereocenters. The molecule has 0 radical (unpaired) electrons. The number of hydrogen-bond acceptors (Lipinski definition) is 7. The summed E-state index contributed by atoms with van der Waals surface area (Å²) in [5, 5.41) is 0.138. The summed E-state index contributed by atoms with van der Waals surface area (Å²) in [6, 6.07) is 12.6. The maximum atomic E-state index is 12.6. The van der Waals surface area contributed by atoms with Crippen molar-refractivity contribution in [2.24, 2.45) is 0 Å². The second kappa shape index (κ2) is 11.2. The zero-order valence-electron chi connectivity index (χ0n) is 18.5. The fourth-order valence-electron chi connectivity index (χ4n) is 2.96. The van der Waals surface area contributed by atoms with Crippen LogP contribution in [0.5, 0.6) is 11.5 Å². The van der Waals surface area contributed by atoms with Gasteiger partial charge in [0.05, 0.1) is 17.6 Å². The van der Waals surface area contributed by atoms with Gasteiger partial charge in [-0.25, -0.2) is 0 Å². The van der Waals surface area contributed by atoms with Gasteiger partial charge in [0.25, 0.3) is 11.1 Å². The van der Waals surface area contributed by atoms with Crippen LogP contribution in [0.2, 0.25) is 5.02 Å². The summed E-state index contributed by atoms with van der Waals surface area (Å²) in [5.41, 5.74) is 1.61. The summed E-state index contributed by atoms with van der Waals surface area (Å²) in [6.45, 7) is 5.60. The minimum atomic E-state index is -0.630. The molecule has 1 aliphatic rings. The number of imide groups is 1. The zero-order valence-corrected chi connectivity index (χ0v) is 20.1. The van der Waals surface area contributed by atoms with E-state index in [1.807, 2.05) is 19.1 Å². The van der Waals surface area contributed by atoms with Crippen molar-refractivity contribution in [2.45, 2.75) is 33.5 Å². The second-order valence-electron chi connectivity index (χ2n) is 7.36. The van der Waals surface area contributed by atoms with E-state index in [1.54, 1.807) is 50.3 Å². The van der Waals surface area contributed by atoms with Crippen molar-refractivity contribution in [3.63, 3.8) is 0 Å². The Labute approximate surface area is 201 Å². The Kier molecular flexibility index (Phi) is 8.41. The van der Waals surface area contributed by atoms with Gasteiger partial charge in [-0.1, -0.05) is 29.8 Å². The first-order valence-electron chi connectivity index (χ1n) is 10.4. The van der Waals surface area contributed by atoms with Gasteiger partial charge < -0.3 is 14.2 Å². The van der Waals surface area contributed by atoms with Crippen molar-refractivity contribution in [2.75, 3.05) is 13.2 Å². The van der Waals surface area contributed by atoms with Crippen LogP contribution in [0.25, 0.3) is 6.08 Å². The predicted octanol–water partition coefficient (Wildman–Crippen LogP) is 5.31. The van der Waals surface area contributed by atoms with Gasteiger partial charge in [0.1, 0.15) is 13.2 Å². The van der Waals surface area contributed by atoms with E-state index in [4.69, 9.17) is 25.8 Å². The highest BCUT2D eigenvalue weighted by atomic mass is 35.5. The van der Waals surface area contributed by atoms with E-state index in [0.29, 0.717) is 35.3 Å². The van der Waals surface area contributed by atoms with E-state index in [2.05, 4.69) is 0 Å². The molecule has 0 atom stereocenters. The molecule has 33 heavy (non-hydrogen) atoms. The SMILES string of the molecule is CCOc1cc(/C=C2\SC(=O)N(CC(=O)OC(C)C)C2=O)ccc1OCc1ccc(Cl)cc1. The lowest BCUT2D eigenvalue weighted by molar-refractivity contribution is -0.149. The lowest BCUT2D eigenvalue weighted by Crippen LogP contribution is -2.35. The highest BCUT2D eigenvalue weighted by molar-refractivity contribution is 8.18. The highest BCUT2D eigenvalue weighted by Gasteiger charge is 2.36. The number of rotatable bonds is 9. The highest BCUT2D eigenvalue weighted by Crippen LogP contribution is 2.35. The number of thioether (sulfide) groups is 1. The zero-order chi connectivity index (χ0) is 24.0. The Morgan fingerprint density at radius 1 is 1.09 bits per heavy atom. The summed E-state index contributed by atoms with van der Waals surface area (Å²) in [5.74, 6) is -0.102. The predicted molar refractivity (Wildman–Crippen MR) is 127 cm³/mol. The third kappa shape index (κ3) is 6.76. The number of ether oxygens (including phenoxy) is 3. The Balaban J connectivity index is 1.74. The number of carbonyl (C=O) groups is 3. The fraction of sp³-hybridized carbons (Fsp3) is 0.292. The molecule has 1 fully saturated rings. The minimum absolute atomic E-state index is 0.217. The van der Waals surface area contributed by atoms with Crippen molar-refractivity contribution >= 4 is 46.6 Å². The van der Waals surface area contributed by atoms with Crippen LogP contribution in [0, 0.1) is 0 Å². The van der Waals surface area contributed by atoms with Crippen LogP contribution in [0.1, 0.15) is 31.9 Å².